The lowest BCUT2D eigenvalue weighted by Crippen LogP contribution is -2.12. The summed E-state index contributed by atoms with van der Waals surface area (Å²) < 4.78 is 5.51. The first-order chi connectivity index (χ1) is 13.4. The number of carboxylic acid groups (broad SMARTS) is 1. The number of phenolic OH excluding ortho intramolecular Hbond substituents is 1. The minimum Gasteiger partial charge on any atom is -0.506 e. The number of allylic oxidation sites excluding steroid dienone is 1. The van der Waals surface area contributed by atoms with Gasteiger partial charge < -0.3 is 25.3 Å². The zero-order valence-corrected chi connectivity index (χ0v) is 14.7. The first kappa shape index (κ1) is 17.3. The van der Waals surface area contributed by atoms with Crippen molar-refractivity contribution in [3.63, 3.8) is 0 Å². The van der Waals surface area contributed by atoms with Gasteiger partial charge in [-0.1, -0.05) is 6.07 Å². The highest BCUT2D eigenvalue weighted by Crippen LogP contribution is 2.32. The van der Waals surface area contributed by atoms with Gasteiger partial charge in [-0.2, -0.15) is 0 Å². The van der Waals surface area contributed by atoms with Gasteiger partial charge in [-0.25, -0.2) is 9.78 Å². The van der Waals surface area contributed by atoms with E-state index in [0.717, 1.165) is 10.9 Å². The second kappa shape index (κ2) is 6.58. The third kappa shape index (κ3) is 2.96. The number of aromatic hydroxyl groups is 1. The van der Waals surface area contributed by atoms with Gasteiger partial charge >= 0.3 is 5.97 Å². The van der Waals surface area contributed by atoms with Crippen molar-refractivity contribution < 1.29 is 24.5 Å². The summed E-state index contributed by atoms with van der Waals surface area (Å²) in [5, 5.41) is 22.9. The predicted octanol–water partition coefficient (Wildman–Crippen LogP) is 2.93. The van der Waals surface area contributed by atoms with Gasteiger partial charge in [0.15, 0.2) is 11.3 Å². The van der Waals surface area contributed by atoms with Crippen LogP contribution in [0.2, 0.25) is 0 Å². The number of nitrogens with zero attached hydrogens (tertiary/aromatic N) is 1. The molecule has 0 spiro atoms. The Kier molecular flexibility index (Phi) is 4.08. The molecule has 1 aliphatic rings. The number of phenols is 1. The lowest BCUT2D eigenvalue weighted by molar-refractivity contribution is -0.134. The number of carbonyl (C=O) groups is 2. The van der Waals surface area contributed by atoms with Crippen LogP contribution in [-0.4, -0.2) is 31.9 Å². The van der Waals surface area contributed by atoms with Gasteiger partial charge in [-0.15, -0.1) is 0 Å². The molecule has 8 heteroatoms. The number of fused-ring (bicyclic) bond motifs is 1. The van der Waals surface area contributed by atoms with Crippen molar-refractivity contribution in [2.75, 3.05) is 5.32 Å². The van der Waals surface area contributed by atoms with Gasteiger partial charge in [0.2, 0.25) is 11.7 Å². The molecule has 0 saturated carbocycles. The largest absolute Gasteiger partial charge is 0.506 e. The number of ketones is 1. The molecule has 140 valence electrons. The van der Waals surface area contributed by atoms with Crippen LogP contribution in [0.4, 0.5) is 5.69 Å². The maximum atomic E-state index is 12.6. The molecule has 3 aromatic rings. The van der Waals surface area contributed by atoms with Crippen LogP contribution in [0.15, 0.2) is 59.9 Å². The highest BCUT2D eigenvalue weighted by molar-refractivity contribution is 6.26. The molecule has 1 aromatic carbocycles. The van der Waals surface area contributed by atoms with Crippen LogP contribution < -0.4 is 5.32 Å². The fraction of sp³-hybridized carbons (Fsp3) is 0.0500. The van der Waals surface area contributed by atoms with E-state index in [1.807, 2.05) is 6.07 Å². The standard InChI is InChI=1S/C20H15N3O5/c1-10-4-5-13(14(24)7-10)23-19-16(20(26)27)17(25)15(28-19)8-11-9-22-18-12(11)3-2-6-21-18/h2-9,23-24H,1H3,(H,21,22)(H,26,27)/b15-8-. The van der Waals surface area contributed by atoms with Gasteiger partial charge in [0.05, 0.1) is 5.69 Å². The summed E-state index contributed by atoms with van der Waals surface area (Å²) in [4.78, 5) is 31.3. The quantitative estimate of drug-likeness (QED) is 0.313. The van der Waals surface area contributed by atoms with Crippen LogP contribution in [0.1, 0.15) is 11.1 Å². The molecule has 4 N–H and O–H groups in total. The molecule has 0 aliphatic carbocycles. The first-order valence-corrected chi connectivity index (χ1v) is 8.34. The van der Waals surface area contributed by atoms with Gasteiger partial charge in [0, 0.05) is 23.3 Å². The Morgan fingerprint density at radius 1 is 1.32 bits per heavy atom. The molecule has 3 heterocycles. The Labute approximate surface area is 158 Å². The average molecular weight is 377 g/mol. The number of rotatable bonds is 4. The molecule has 28 heavy (non-hydrogen) atoms. The van der Waals surface area contributed by atoms with Gasteiger partial charge in [-0.05, 0) is 42.8 Å². The second-order valence-electron chi connectivity index (χ2n) is 6.24. The molecule has 0 unspecified atom stereocenters. The maximum Gasteiger partial charge on any atom is 0.345 e. The number of H-pyrrole nitrogens is 1. The van der Waals surface area contributed by atoms with Crippen LogP contribution in [-0.2, 0) is 14.3 Å². The number of aromatic amines is 1. The fourth-order valence-electron chi connectivity index (χ4n) is 2.92. The number of ether oxygens (including phenoxy) is 1. The molecule has 0 saturated heterocycles. The monoisotopic (exact) mass is 377 g/mol. The minimum atomic E-state index is -1.43. The van der Waals surface area contributed by atoms with Crippen LogP contribution in [0.3, 0.4) is 0 Å². The summed E-state index contributed by atoms with van der Waals surface area (Å²) in [7, 11) is 0. The lowest BCUT2D eigenvalue weighted by atomic mass is 10.1. The number of carbonyl (C=O) groups excluding carboxylic acids is 1. The number of nitrogens with one attached hydrogen (secondary N) is 2. The van der Waals surface area contributed by atoms with Crippen molar-refractivity contribution in [3.05, 3.63) is 71.1 Å². The molecule has 8 nitrogen and oxygen atoms in total. The Bertz CT molecular complexity index is 1190. The maximum absolute atomic E-state index is 12.6. The summed E-state index contributed by atoms with van der Waals surface area (Å²) >= 11 is 0. The smallest absolute Gasteiger partial charge is 0.345 e. The average Bonchev–Trinajstić information content (AvgIpc) is 3.19. The number of hydrogen-bond acceptors (Lipinski definition) is 6. The van der Waals surface area contributed by atoms with E-state index in [-0.39, 0.29) is 23.1 Å². The van der Waals surface area contributed by atoms with E-state index in [4.69, 9.17) is 4.74 Å². The van der Waals surface area contributed by atoms with Gasteiger partial charge in [0.1, 0.15) is 11.4 Å². The topological polar surface area (TPSA) is 125 Å². The molecular formula is C20H15N3O5. The SMILES string of the molecule is Cc1ccc(NC2=C(C(=O)O)C(=O)/C(=C/c3c[nH]c4ncccc34)O2)c(O)c1. The highest BCUT2D eigenvalue weighted by atomic mass is 16.5. The molecule has 0 radical (unpaired) electrons. The number of aryl methyl sites for hydroxylation is 1. The summed E-state index contributed by atoms with van der Waals surface area (Å²) in [6.07, 6.45) is 4.74. The molecule has 0 fully saturated rings. The van der Waals surface area contributed by atoms with Crippen LogP contribution in [0, 0.1) is 6.92 Å². The highest BCUT2D eigenvalue weighted by Gasteiger charge is 2.36. The van der Waals surface area contributed by atoms with Crippen molar-refractivity contribution in [1.29, 1.82) is 0 Å². The third-order valence-corrected chi connectivity index (χ3v) is 4.27. The van der Waals surface area contributed by atoms with Crippen molar-refractivity contribution in [1.82, 2.24) is 9.97 Å². The molecule has 0 amide bonds. The molecule has 2 aromatic heterocycles. The fourth-order valence-corrected chi connectivity index (χ4v) is 2.92. The zero-order valence-electron chi connectivity index (χ0n) is 14.7. The number of aromatic nitrogens is 2. The van der Waals surface area contributed by atoms with E-state index in [9.17, 15) is 19.8 Å². The van der Waals surface area contributed by atoms with E-state index in [1.54, 1.807) is 37.5 Å². The van der Waals surface area contributed by atoms with Crippen molar-refractivity contribution in [2.45, 2.75) is 6.92 Å². The van der Waals surface area contributed by atoms with E-state index in [2.05, 4.69) is 15.3 Å². The van der Waals surface area contributed by atoms with Crippen LogP contribution in [0.5, 0.6) is 5.75 Å². The Morgan fingerprint density at radius 2 is 2.14 bits per heavy atom. The number of anilines is 1. The van der Waals surface area contributed by atoms with Gasteiger partial charge in [0.25, 0.3) is 0 Å². The van der Waals surface area contributed by atoms with E-state index in [0.29, 0.717) is 11.2 Å². The van der Waals surface area contributed by atoms with Crippen molar-refractivity contribution in [3.8, 4) is 5.75 Å². The second-order valence-corrected chi connectivity index (χ2v) is 6.24. The minimum absolute atomic E-state index is 0.0894. The summed E-state index contributed by atoms with van der Waals surface area (Å²) in [6.45, 7) is 1.80. The van der Waals surface area contributed by atoms with Crippen molar-refractivity contribution >= 4 is 34.5 Å². The number of aliphatic carboxylic acids is 1. The van der Waals surface area contributed by atoms with Gasteiger partial charge in [-0.3, -0.25) is 4.79 Å². The molecular weight excluding hydrogens is 362 g/mol. The Morgan fingerprint density at radius 3 is 2.89 bits per heavy atom. The molecule has 0 atom stereocenters. The van der Waals surface area contributed by atoms with Crippen molar-refractivity contribution in [2.24, 2.45) is 0 Å². The van der Waals surface area contributed by atoms with Crippen LogP contribution in [0.25, 0.3) is 17.1 Å². The third-order valence-electron chi connectivity index (χ3n) is 4.27. The zero-order chi connectivity index (χ0) is 19.8. The molecule has 0 bridgehead atoms. The predicted molar refractivity (Wildman–Crippen MR) is 101 cm³/mol. The normalized spacial score (nSPS) is 15.3. The lowest BCUT2D eigenvalue weighted by Gasteiger charge is -2.10. The number of pyridine rings is 1. The Hall–Kier alpha value is -4.07. The summed E-state index contributed by atoms with van der Waals surface area (Å²) in [5.74, 6) is -2.67. The first-order valence-electron chi connectivity index (χ1n) is 8.34. The van der Waals surface area contributed by atoms with Crippen LogP contribution >= 0.6 is 0 Å². The van der Waals surface area contributed by atoms with E-state index < -0.39 is 17.3 Å². The Balaban J connectivity index is 1.71. The number of benzene rings is 1. The number of Topliss-reactive ketones (excluding diaryl/α,β-unsaturated/α-hetero) is 1. The summed E-state index contributed by atoms with van der Waals surface area (Å²) in [6, 6.07) is 8.38. The molecule has 1 aliphatic heterocycles. The number of carboxylic acids is 1. The van der Waals surface area contributed by atoms with E-state index in [1.165, 1.54) is 12.1 Å². The summed E-state index contributed by atoms with van der Waals surface area (Å²) in [5.41, 5.74) is 1.78. The molecule has 4 rings (SSSR count). The van der Waals surface area contributed by atoms with E-state index >= 15 is 0 Å². The number of hydrogen-bond donors (Lipinski definition) is 4.